The summed E-state index contributed by atoms with van der Waals surface area (Å²) in [6.07, 6.45) is 8.70. The van der Waals surface area contributed by atoms with Gasteiger partial charge in [-0.1, -0.05) is 12.8 Å². The third-order valence-corrected chi connectivity index (χ3v) is 3.41. The van der Waals surface area contributed by atoms with E-state index in [9.17, 15) is 0 Å². The number of thiocarbonyl (C=S) groups is 1. The molecule has 1 aliphatic carbocycles. The predicted molar refractivity (Wildman–Crippen MR) is 70.6 cm³/mol. The third kappa shape index (κ3) is 2.70. The molecular formula is C12H17N3S. The molecule has 0 bridgehead atoms. The van der Waals surface area contributed by atoms with Crippen LogP contribution < -0.4 is 10.2 Å². The summed E-state index contributed by atoms with van der Waals surface area (Å²) < 4.78 is 0. The Morgan fingerprint density at radius 3 is 2.88 bits per heavy atom. The molecular weight excluding hydrogens is 218 g/mol. The van der Waals surface area contributed by atoms with Gasteiger partial charge < -0.3 is 10.2 Å². The number of pyridine rings is 1. The highest BCUT2D eigenvalue weighted by Gasteiger charge is 2.17. The number of rotatable bonds is 2. The van der Waals surface area contributed by atoms with Gasteiger partial charge in [0.15, 0.2) is 5.11 Å². The number of nitrogens with one attached hydrogen (secondary N) is 1. The summed E-state index contributed by atoms with van der Waals surface area (Å²) in [6, 6.07) is 4.49. The lowest BCUT2D eigenvalue weighted by atomic mass is 10.2. The molecule has 1 saturated carbocycles. The van der Waals surface area contributed by atoms with Crippen LogP contribution in [0, 0.1) is 0 Å². The lowest BCUT2D eigenvalue weighted by Gasteiger charge is -2.23. The molecule has 4 heteroatoms. The van der Waals surface area contributed by atoms with Crippen molar-refractivity contribution in [3.63, 3.8) is 0 Å². The SMILES string of the molecule is CN(C(=S)NC1CCCC1)c1cccnc1. The maximum absolute atomic E-state index is 5.38. The Kier molecular flexibility index (Phi) is 3.72. The molecule has 3 nitrogen and oxygen atoms in total. The minimum absolute atomic E-state index is 0.562. The summed E-state index contributed by atoms with van der Waals surface area (Å²) in [4.78, 5) is 6.06. The molecule has 1 aliphatic rings. The minimum Gasteiger partial charge on any atom is -0.360 e. The molecule has 1 fully saturated rings. The van der Waals surface area contributed by atoms with Crippen molar-refractivity contribution < 1.29 is 0 Å². The summed E-state index contributed by atoms with van der Waals surface area (Å²) in [6.45, 7) is 0. The predicted octanol–water partition coefficient (Wildman–Crippen LogP) is 2.33. The zero-order valence-electron chi connectivity index (χ0n) is 9.52. The van der Waals surface area contributed by atoms with Crippen molar-refractivity contribution in [2.24, 2.45) is 0 Å². The highest BCUT2D eigenvalue weighted by atomic mass is 32.1. The fourth-order valence-corrected chi connectivity index (χ4v) is 2.28. The Morgan fingerprint density at radius 2 is 2.25 bits per heavy atom. The second kappa shape index (κ2) is 5.25. The molecule has 2 rings (SSSR count). The first kappa shape index (κ1) is 11.3. The molecule has 1 heterocycles. The molecule has 0 aliphatic heterocycles. The van der Waals surface area contributed by atoms with Gasteiger partial charge in [0.25, 0.3) is 0 Å². The van der Waals surface area contributed by atoms with E-state index >= 15 is 0 Å². The van der Waals surface area contributed by atoms with E-state index in [1.165, 1.54) is 25.7 Å². The molecule has 0 radical (unpaired) electrons. The van der Waals surface area contributed by atoms with Crippen molar-refractivity contribution in [1.82, 2.24) is 10.3 Å². The van der Waals surface area contributed by atoms with E-state index < -0.39 is 0 Å². The van der Waals surface area contributed by atoms with E-state index in [1.54, 1.807) is 6.20 Å². The van der Waals surface area contributed by atoms with Crippen LogP contribution in [0.2, 0.25) is 0 Å². The summed E-state index contributed by atoms with van der Waals surface area (Å²) in [5.41, 5.74) is 1.03. The average Bonchev–Trinajstić information content (AvgIpc) is 2.82. The van der Waals surface area contributed by atoms with Gasteiger partial charge in [-0.25, -0.2) is 0 Å². The molecule has 0 saturated heterocycles. The molecule has 0 aromatic carbocycles. The van der Waals surface area contributed by atoms with E-state index in [1.807, 2.05) is 30.3 Å². The van der Waals surface area contributed by atoms with E-state index in [4.69, 9.17) is 12.2 Å². The average molecular weight is 235 g/mol. The first-order valence-corrected chi connectivity index (χ1v) is 6.12. The van der Waals surface area contributed by atoms with Crippen molar-refractivity contribution in [3.05, 3.63) is 24.5 Å². The maximum Gasteiger partial charge on any atom is 0.173 e. The van der Waals surface area contributed by atoms with Gasteiger partial charge in [-0.2, -0.15) is 0 Å². The van der Waals surface area contributed by atoms with Crippen LogP contribution in [0.5, 0.6) is 0 Å². The lowest BCUT2D eigenvalue weighted by Crippen LogP contribution is -2.41. The Balaban J connectivity index is 1.94. The Hall–Kier alpha value is -1.16. The Bertz CT molecular complexity index is 347. The number of aromatic nitrogens is 1. The van der Waals surface area contributed by atoms with Crippen molar-refractivity contribution >= 4 is 23.0 Å². The van der Waals surface area contributed by atoms with Crippen LogP contribution in [-0.2, 0) is 0 Å². The van der Waals surface area contributed by atoms with E-state index in [0.29, 0.717) is 6.04 Å². The first-order valence-electron chi connectivity index (χ1n) is 5.71. The molecule has 1 aromatic heterocycles. The quantitative estimate of drug-likeness (QED) is 0.796. The second-order valence-electron chi connectivity index (χ2n) is 4.20. The fourth-order valence-electron chi connectivity index (χ4n) is 2.01. The van der Waals surface area contributed by atoms with Gasteiger partial charge in [0, 0.05) is 19.3 Å². The summed E-state index contributed by atoms with van der Waals surface area (Å²) in [7, 11) is 1.97. The van der Waals surface area contributed by atoms with Gasteiger partial charge in [0.05, 0.1) is 11.9 Å². The maximum atomic E-state index is 5.38. The van der Waals surface area contributed by atoms with Gasteiger partial charge >= 0.3 is 0 Å². The molecule has 0 amide bonds. The van der Waals surface area contributed by atoms with Crippen molar-refractivity contribution in [3.8, 4) is 0 Å². The largest absolute Gasteiger partial charge is 0.360 e. The summed E-state index contributed by atoms with van der Waals surface area (Å²) >= 11 is 5.38. The van der Waals surface area contributed by atoms with Crippen LogP contribution in [0.1, 0.15) is 25.7 Å². The zero-order valence-corrected chi connectivity index (χ0v) is 10.3. The normalized spacial score (nSPS) is 16.1. The summed E-state index contributed by atoms with van der Waals surface area (Å²) in [5, 5.41) is 4.20. The van der Waals surface area contributed by atoms with Gasteiger partial charge in [-0.15, -0.1) is 0 Å². The molecule has 1 N–H and O–H groups in total. The Morgan fingerprint density at radius 1 is 1.50 bits per heavy atom. The number of hydrogen-bond donors (Lipinski definition) is 1. The highest BCUT2D eigenvalue weighted by molar-refractivity contribution is 7.80. The Labute approximate surface area is 102 Å². The minimum atomic E-state index is 0.562. The third-order valence-electron chi connectivity index (χ3n) is 3.02. The van der Waals surface area contributed by atoms with Crippen molar-refractivity contribution in [2.75, 3.05) is 11.9 Å². The lowest BCUT2D eigenvalue weighted by molar-refractivity contribution is 0.630. The number of nitrogens with zero attached hydrogens (tertiary/aromatic N) is 2. The fraction of sp³-hybridized carbons (Fsp3) is 0.500. The van der Waals surface area contributed by atoms with Crippen LogP contribution in [0.4, 0.5) is 5.69 Å². The van der Waals surface area contributed by atoms with Crippen LogP contribution in [-0.4, -0.2) is 23.2 Å². The molecule has 86 valence electrons. The van der Waals surface area contributed by atoms with Gasteiger partial charge in [-0.05, 0) is 37.2 Å². The topological polar surface area (TPSA) is 28.2 Å². The molecule has 0 unspecified atom stereocenters. The van der Waals surface area contributed by atoms with Crippen LogP contribution in [0.15, 0.2) is 24.5 Å². The molecule has 1 aromatic rings. The van der Waals surface area contributed by atoms with Crippen LogP contribution in [0.25, 0.3) is 0 Å². The van der Waals surface area contributed by atoms with Crippen LogP contribution in [0.3, 0.4) is 0 Å². The number of hydrogen-bond acceptors (Lipinski definition) is 2. The molecule has 0 atom stereocenters. The van der Waals surface area contributed by atoms with Gasteiger partial charge in [-0.3, -0.25) is 4.98 Å². The standard InChI is InChI=1S/C12H17N3S/c1-15(11-7-4-8-13-9-11)12(16)14-10-5-2-3-6-10/h4,7-10H,2-3,5-6H2,1H3,(H,14,16). The van der Waals surface area contributed by atoms with E-state index in [2.05, 4.69) is 10.3 Å². The smallest absolute Gasteiger partial charge is 0.173 e. The van der Waals surface area contributed by atoms with E-state index in [0.717, 1.165) is 10.8 Å². The zero-order chi connectivity index (χ0) is 11.4. The molecule has 0 spiro atoms. The second-order valence-corrected chi connectivity index (χ2v) is 4.59. The number of anilines is 1. The first-order chi connectivity index (χ1) is 7.77. The monoisotopic (exact) mass is 235 g/mol. The van der Waals surface area contributed by atoms with E-state index in [-0.39, 0.29) is 0 Å². The van der Waals surface area contributed by atoms with Gasteiger partial charge in [0.2, 0.25) is 0 Å². The highest BCUT2D eigenvalue weighted by Crippen LogP contribution is 2.18. The van der Waals surface area contributed by atoms with Crippen molar-refractivity contribution in [1.29, 1.82) is 0 Å². The summed E-state index contributed by atoms with van der Waals surface area (Å²) in [5.74, 6) is 0. The molecule has 16 heavy (non-hydrogen) atoms. The van der Waals surface area contributed by atoms with Crippen molar-refractivity contribution in [2.45, 2.75) is 31.7 Å². The van der Waals surface area contributed by atoms with Crippen LogP contribution >= 0.6 is 12.2 Å². The van der Waals surface area contributed by atoms with Gasteiger partial charge in [0.1, 0.15) is 0 Å².